The minimum absolute atomic E-state index is 0.303. The van der Waals surface area contributed by atoms with Gasteiger partial charge in [-0.3, -0.25) is 0 Å². The van der Waals surface area contributed by atoms with Gasteiger partial charge >= 0.3 is 132 Å². The molecular weight excluding hydrogens is 315 g/mol. The number of nitrogens with zero attached hydrogens (tertiary/aromatic N) is 1. The molecule has 0 amide bonds. The molecule has 2 heteroatoms. The Morgan fingerprint density at radius 3 is 2.14 bits per heavy atom. The Balaban J connectivity index is 2.52. The molecule has 112 valence electrons. The monoisotopic (exact) mass is 343 g/mol. The zero-order valence-corrected chi connectivity index (χ0v) is 16.3. The van der Waals surface area contributed by atoms with Crippen LogP contribution in [0.15, 0.2) is 42.6 Å². The Morgan fingerprint density at radius 2 is 1.62 bits per heavy atom. The van der Waals surface area contributed by atoms with E-state index < -0.39 is 13.3 Å². The summed E-state index contributed by atoms with van der Waals surface area (Å²) >= 11 is -1.89. The Kier molecular flexibility index (Phi) is 4.62. The summed E-state index contributed by atoms with van der Waals surface area (Å²) in [5, 5.41) is 0. The second-order valence-corrected chi connectivity index (χ2v) is 18.7. The quantitative estimate of drug-likeness (QED) is 0.725. The van der Waals surface area contributed by atoms with Crippen LogP contribution in [-0.4, -0.2) is 18.3 Å². The fourth-order valence-corrected chi connectivity index (χ4v) is 5.96. The van der Waals surface area contributed by atoms with Crippen LogP contribution in [0.25, 0.3) is 11.3 Å². The van der Waals surface area contributed by atoms with E-state index >= 15 is 0 Å². The molecule has 0 spiro atoms. The van der Waals surface area contributed by atoms with E-state index in [0.29, 0.717) is 5.41 Å². The third-order valence-electron chi connectivity index (χ3n) is 3.59. The van der Waals surface area contributed by atoms with Gasteiger partial charge in [-0.2, -0.15) is 0 Å². The number of aromatic nitrogens is 1. The summed E-state index contributed by atoms with van der Waals surface area (Å²) in [4.78, 5) is 4.75. The molecule has 0 aliphatic heterocycles. The Labute approximate surface area is 132 Å². The summed E-state index contributed by atoms with van der Waals surface area (Å²) in [6.07, 6.45) is 3.27. The van der Waals surface area contributed by atoms with Crippen LogP contribution in [0.5, 0.6) is 0 Å². The maximum atomic E-state index is 4.75. The molecule has 1 nitrogen and oxygen atoms in total. The first-order valence-corrected chi connectivity index (χ1v) is 15.1. The molecular formula is C19H27GeN. The first-order chi connectivity index (χ1) is 9.67. The van der Waals surface area contributed by atoms with Gasteiger partial charge in [0.1, 0.15) is 0 Å². The van der Waals surface area contributed by atoms with E-state index in [4.69, 9.17) is 4.98 Å². The minimum atomic E-state index is -1.89. The van der Waals surface area contributed by atoms with Gasteiger partial charge in [0.15, 0.2) is 0 Å². The van der Waals surface area contributed by atoms with Crippen molar-refractivity contribution in [2.45, 2.75) is 44.5 Å². The first kappa shape index (κ1) is 16.3. The topological polar surface area (TPSA) is 12.9 Å². The SMILES string of the molecule is CC(C)(C)Cc1cc(-c2ccccc2)nc[c]1[Ge]([CH3])([CH3])[CH3]. The van der Waals surface area contributed by atoms with Crippen LogP contribution in [0, 0.1) is 5.41 Å². The molecule has 2 aromatic rings. The molecule has 1 heterocycles. The van der Waals surface area contributed by atoms with E-state index in [2.05, 4.69) is 80.6 Å². The van der Waals surface area contributed by atoms with Gasteiger partial charge in [-0.25, -0.2) is 0 Å². The van der Waals surface area contributed by atoms with Crippen molar-refractivity contribution in [1.82, 2.24) is 4.98 Å². The molecule has 1 aromatic heterocycles. The molecule has 0 radical (unpaired) electrons. The number of hydrogen-bond donors (Lipinski definition) is 0. The molecule has 0 fully saturated rings. The van der Waals surface area contributed by atoms with Crippen molar-refractivity contribution in [3.05, 3.63) is 48.2 Å². The van der Waals surface area contributed by atoms with Crippen LogP contribution < -0.4 is 4.40 Å². The molecule has 0 bridgehead atoms. The summed E-state index contributed by atoms with van der Waals surface area (Å²) in [7, 11) is 0. The van der Waals surface area contributed by atoms with Crippen molar-refractivity contribution in [2.24, 2.45) is 5.41 Å². The van der Waals surface area contributed by atoms with Gasteiger partial charge in [0.25, 0.3) is 0 Å². The van der Waals surface area contributed by atoms with E-state index in [1.54, 1.807) is 4.40 Å². The van der Waals surface area contributed by atoms with E-state index in [1.807, 2.05) is 0 Å². The standard InChI is InChI=1S/C19H27GeN/c1-19(2,3)13-16-12-18(15-10-8-7-9-11-15)21-14-17(16)20(4,5)6/h7-12,14H,13H2,1-6H3. The molecule has 0 aliphatic rings. The first-order valence-electron chi connectivity index (χ1n) is 7.72. The van der Waals surface area contributed by atoms with E-state index in [1.165, 1.54) is 11.1 Å². The van der Waals surface area contributed by atoms with Crippen molar-refractivity contribution in [1.29, 1.82) is 0 Å². The van der Waals surface area contributed by atoms with Gasteiger partial charge in [0.2, 0.25) is 0 Å². The zero-order valence-electron chi connectivity index (χ0n) is 14.2. The molecule has 0 saturated carbocycles. The second-order valence-electron chi connectivity index (χ2n) is 8.08. The molecule has 0 atom stereocenters. The van der Waals surface area contributed by atoms with Gasteiger partial charge in [-0.15, -0.1) is 0 Å². The molecule has 21 heavy (non-hydrogen) atoms. The summed E-state index contributed by atoms with van der Waals surface area (Å²) in [6.45, 7) is 6.94. The molecule has 1 aromatic carbocycles. The van der Waals surface area contributed by atoms with Crippen LogP contribution in [0.4, 0.5) is 0 Å². The maximum absolute atomic E-state index is 4.75. The fourth-order valence-electron chi connectivity index (χ4n) is 2.66. The molecule has 0 saturated heterocycles. The molecule has 0 N–H and O–H groups in total. The normalized spacial score (nSPS) is 12.5. The second kappa shape index (κ2) is 5.96. The Morgan fingerprint density at radius 1 is 1.00 bits per heavy atom. The summed E-state index contributed by atoms with van der Waals surface area (Å²) < 4.78 is 1.55. The van der Waals surface area contributed by atoms with Gasteiger partial charge in [0, 0.05) is 0 Å². The van der Waals surface area contributed by atoms with E-state index in [0.717, 1.165) is 12.1 Å². The third-order valence-corrected chi connectivity index (χ3v) is 7.92. The molecule has 2 rings (SSSR count). The van der Waals surface area contributed by atoms with Crippen LogP contribution in [0.2, 0.25) is 17.3 Å². The van der Waals surface area contributed by atoms with Gasteiger partial charge in [-0.1, -0.05) is 0 Å². The Bertz CT molecular complexity index is 604. The van der Waals surface area contributed by atoms with Crippen molar-refractivity contribution >= 4 is 17.7 Å². The average Bonchev–Trinajstić information content (AvgIpc) is 2.36. The zero-order chi connectivity index (χ0) is 15.7. The van der Waals surface area contributed by atoms with E-state index in [9.17, 15) is 0 Å². The van der Waals surface area contributed by atoms with Crippen molar-refractivity contribution in [3.63, 3.8) is 0 Å². The van der Waals surface area contributed by atoms with Crippen LogP contribution in [0.3, 0.4) is 0 Å². The summed E-state index contributed by atoms with van der Waals surface area (Å²) in [5.41, 5.74) is 4.12. The fraction of sp³-hybridized carbons (Fsp3) is 0.421. The van der Waals surface area contributed by atoms with Crippen molar-refractivity contribution < 1.29 is 0 Å². The van der Waals surface area contributed by atoms with Gasteiger partial charge < -0.3 is 0 Å². The van der Waals surface area contributed by atoms with Crippen LogP contribution in [-0.2, 0) is 6.42 Å². The van der Waals surface area contributed by atoms with Gasteiger partial charge in [-0.05, 0) is 0 Å². The summed E-state index contributed by atoms with van der Waals surface area (Å²) in [6, 6.07) is 12.8. The summed E-state index contributed by atoms with van der Waals surface area (Å²) in [5.74, 6) is 7.35. The van der Waals surface area contributed by atoms with E-state index in [-0.39, 0.29) is 0 Å². The molecule has 0 aliphatic carbocycles. The number of benzene rings is 1. The number of rotatable bonds is 3. The average molecular weight is 342 g/mol. The Hall–Kier alpha value is -1.09. The number of hydrogen-bond acceptors (Lipinski definition) is 1. The van der Waals surface area contributed by atoms with Gasteiger partial charge in [0.05, 0.1) is 0 Å². The predicted octanol–water partition coefficient (Wildman–Crippen LogP) is 4.88. The van der Waals surface area contributed by atoms with Crippen molar-refractivity contribution in [3.8, 4) is 11.3 Å². The van der Waals surface area contributed by atoms with Crippen molar-refractivity contribution in [2.75, 3.05) is 0 Å². The molecule has 0 unspecified atom stereocenters. The van der Waals surface area contributed by atoms with Crippen LogP contribution >= 0.6 is 0 Å². The predicted molar refractivity (Wildman–Crippen MR) is 95.8 cm³/mol. The van der Waals surface area contributed by atoms with Crippen LogP contribution in [0.1, 0.15) is 26.3 Å². The third kappa shape index (κ3) is 4.44. The number of pyridine rings is 1.